The van der Waals surface area contributed by atoms with Crippen LogP contribution in [0.2, 0.25) is 0 Å². The highest BCUT2D eigenvalue weighted by atomic mass is 16.4. The lowest BCUT2D eigenvalue weighted by atomic mass is 9.85. The molecule has 0 aliphatic heterocycles. The molecule has 1 heterocycles. The zero-order chi connectivity index (χ0) is 12.4. The number of rotatable bonds is 3. The van der Waals surface area contributed by atoms with Crippen LogP contribution in [-0.2, 0) is 0 Å². The van der Waals surface area contributed by atoms with E-state index in [-0.39, 0.29) is 11.4 Å². The molecule has 0 amide bonds. The molecule has 0 aromatic carbocycles. The van der Waals surface area contributed by atoms with E-state index in [4.69, 9.17) is 10.8 Å². The summed E-state index contributed by atoms with van der Waals surface area (Å²) in [5.74, 6) is -0.235. The van der Waals surface area contributed by atoms with Crippen molar-refractivity contribution in [3.05, 3.63) is 11.9 Å². The van der Waals surface area contributed by atoms with Gasteiger partial charge in [-0.15, -0.1) is 0 Å². The summed E-state index contributed by atoms with van der Waals surface area (Å²) in [6, 6.07) is 0.313. The second kappa shape index (κ2) is 4.77. The number of nitrogens with two attached hydrogens (primary N) is 1. The van der Waals surface area contributed by atoms with E-state index in [1.165, 1.54) is 19.3 Å². The largest absolute Gasteiger partial charge is 0.476 e. The third kappa shape index (κ3) is 2.43. The van der Waals surface area contributed by atoms with E-state index < -0.39 is 5.97 Å². The molecule has 1 fully saturated rings. The van der Waals surface area contributed by atoms with Crippen molar-refractivity contribution < 1.29 is 9.90 Å². The fraction of sp³-hybridized carbons (Fsp3) is 0.667. The molecule has 1 aliphatic carbocycles. The summed E-state index contributed by atoms with van der Waals surface area (Å²) in [7, 11) is 0. The fourth-order valence-electron chi connectivity index (χ4n) is 2.58. The zero-order valence-corrected chi connectivity index (χ0v) is 10.1. The molecule has 94 valence electrons. The molecule has 5 nitrogen and oxygen atoms in total. The standard InChI is InChI=1S/C12H19N3O2/c1-2-8-3-5-9(6-4-8)15-7-10(13)11(14-15)12(16)17/h7-9H,2-6,13H2,1H3,(H,16,17). The second-order valence-electron chi connectivity index (χ2n) is 4.80. The summed E-state index contributed by atoms with van der Waals surface area (Å²) in [6.45, 7) is 2.22. The number of nitrogen functional groups attached to an aromatic ring is 1. The van der Waals surface area contributed by atoms with Gasteiger partial charge in [-0.25, -0.2) is 4.79 Å². The molecule has 0 atom stereocenters. The SMILES string of the molecule is CCC1CCC(n2cc(N)c(C(=O)O)n2)CC1. The van der Waals surface area contributed by atoms with E-state index in [1.54, 1.807) is 10.9 Å². The molecule has 0 spiro atoms. The van der Waals surface area contributed by atoms with Crippen molar-refractivity contribution in [3.63, 3.8) is 0 Å². The Labute approximate surface area is 101 Å². The van der Waals surface area contributed by atoms with Gasteiger partial charge < -0.3 is 10.8 Å². The third-order valence-corrected chi connectivity index (χ3v) is 3.73. The van der Waals surface area contributed by atoms with Crippen molar-refractivity contribution in [1.82, 2.24) is 9.78 Å². The fourth-order valence-corrected chi connectivity index (χ4v) is 2.58. The van der Waals surface area contributed by atoms with Gasteiger partial charge in [-0.1, -0.05) is 13.3 Å². The minimum Gasteiger partial charge on any atom is -0.476 e. The maximum absolute atomic E-state index is 10.9. The van der Waals surface area contributed by atoms with Crippen LogP contribution >= 0.6 is 0 Å². The molecule has 0 radical (unpaired) electrons. The Morgan fingerprint density at radius 3 is 2.65 bits per heavy atom. The van der Waals surface area contributed by atoms with Crippen LogP contribution in [0.3, 0.4) is 0 Å². The maximum atomic E-state index is 10.9. The predicted molar refractivity (Wildman–Crippen MR) is 64.9 cm³/mol. The molecule has 3 N–H and O–H groups in total. The van der Waals surface area contributed by atoms with Crippen LogP contribution in [-0.4, -0.2) is 20.9 Å². The van der Waals surface area contributed by atoms with Gasteiger partial charge in [-0.2, -0.15) is 5.10 Å². The second-order valence-corrected chi connectivity index (χ2v) is 4.80. The average Bonchev–Trinajstić information content (AvgIpc) is 2.71. The Balaban J connectivity index is 2.08. The Hall–Kier alpha value is -1.52. The van der Waals surface area contributed by atoms with Crippen LogP contribution in [0.5, 0.6) is 0 Å². The molecule has 0 unspecified atom stereocenters. The first-order valence-electron chi connectivity index (χ1n) is 6.19. The third-order valence-electron chi connectivity index (χ3n) is 3.73. The minimum atomic E-state index is -1.05. The van der Waals surface area contributed by atoms with E-state index in [0.29, 0.717) is 6.04 Å². The number of hydrogen-bond donors (Lipinski definition) is 2. The van der Waals surface area contributed by atoms with E-state index in [1.807, 2.05) is 0 Å². The summed E-state index contributed by atoms with van der Waals surface area (Å²) in [5, 5.41) is 13.0. The van der Waals surface area contributed by atoms with E-state index >= 15 is 0 Å². The first kappa shape index (κ1) is 12.0. The molecule has 0 bridgehead atoms. The number of aromatic carboxylic acids is 1. The average molecular weight is 237 g/mol. The predicted octanol–water partition coefficient (Wildman–Crippen LogP) is 2.30. The van der Waals surface area contributed by atoms with E-state index in [9.17, 15) is 4.79 Å². The highest BCUT2D eigenvalue weighted by Gasteiger charge is 2.23. The Bertz CT molecular complexity index is 406. The zero-order valence-electron chi connectivity index (χ0n) is 10.1. The van der Waals surface area contributed by atoms with Crippen molar-refractivity contribution in [3.8, 4) is 0 Å². The molecule has 1 aromatic rings. The van der Waals surface area contributed by atoms with Crippen LogP contribution < -0.4 is 5.73 Å². The number of carbonyl (C=O) groups is 1. The topological polar surface area (TPSA) is 81.1 Å². The lowest BCUT2D eigenvalue weighted by Crippen LogP contribution is -2.18. The first-order chi connectivity index (χ1) is 8.11. The summed E-state index contributed by atoms with van der Waals surface area (Å²) in [4.78, 5) is 10.9. The molecule has 1 aliphatic rings. The number of carboxylic acid groups (broad SMARTS) is 1. The maximum Gasteiger partial charge on any atom is 0.358 e. The van der Waals surface area contributed by atoms with Crippen molar-refractivity contribution in [2.24, 2.45) is 5.92 Å². The number of aromatic nitrogens is 2. The van der Waals surface area contributed by atoms with Gasteiger partial charge in [0.25, 0.3) is 0 Å². The molecule has 2 rings (SSSR count). The molecule has 0 saturated heterocycles. The van der Waals surface area contributed by atoms with Gasteiger partial charge in [-0.3, -0.25) is 4.68 Å². The first-order valence-corrected chi connectivity index (χ1v) is 6.19. The van der Waals surface area contributed by atoms with E-state index in [2.05, 4.69) is 12.0 Å². The summed E-state index contributed by atoms with van der Waals surface area (Å²) >= 11 is 0. The highest BCUT2D eigenvalue weighted by Crippen LogP contribution is 2.33. The van der Waals surface area contributed by atoms with Crippen molar-refractivity contribution >= 4 is 11.7 Å². The molecule has 1 saturated carbocycles. The number of anilines is 1. The summed E-state index contributed by atoms with van der Waals surface area (Å²) in [6.07, 6.45) is 7.42. The minimum absolute atomic E-state index is 0.0254. The van der Waals surface area contributed by atoms with Gasteiger partial charge in [-0.05, 0) is 31.6 Å². The van der Waals surface area contributed by atoms with Crippen molar-refractivity contribution in [2.75, 3.05) is 5.73 Å². The Morgan fingerprint density at radius 1 is 1.53 bits per heavy atom. The smallest absolute Gasteiger partial charge is 0.358 e. The van der Waals surface area contributed by atoms with Gasteiger partial charge in [0, 0.05) is 6.20 Å². The van der Waals surface area contributed by atoms with Crippen molar-refractivity contribution in [1.29, 1.82) is 0 Å². The molecular formula is C12H19N3O2. The van der Waals surface area contributed by atoms with Crippen molar-refractivity contribution in [2.45, 2.75) is 45.1 Å². The van der Waals surface area contributed by atoms with Gasteiger partial charge in [0.1, 0.15) is 0 Å². The number of hydrogen-bond acceptors (Lipinski definition) is 3. The van der Waals surface area contributed by atoms with Crippen LogP contribution in [0.1, 0.15) is 55.6 Å². The van der Waals surface area contributed by atoms with Gasteiger partial charge in [0.15, 0.2) is 5.69 Å². The van der Waals surface area contributed by atoms with Crippen LogP contribution in [0, 0.1) is 5.92 Å². The molecule has 1 aromatic heterocycles. The summed E-state index contributed by atoms with van der Waals surface area (Å²) < 4.78 is 1.74. The molecule has 5 heteroatoms. The number of carboxylic acids is 1. The lowest BCUT2D eigenvalue weighted by molar-refractivity contribution is 0.0689. The van der Waals surface area contributed by atoms with Crippen LogP contribution in [0.25, 0.3) is 0 Å². The molecular weight excluding hydrogens is 218 g/mol. The molecule has 17 heavy (non-hydrogen) atoms. The summed E-state index contributed by atoms with van der Waals surface area (Å²) in [5.41, 5.74) is 5.87. The van der Waals surface area contributed by atoms with Gasteiger partial charge in [0.05, 0.1) is 11.7 Å². The van der Waals surface area contributed by atoms with Crippen LogP contribution in [0.15, 0.2) is 6.20 Å². The van der Waals surface area contributed by atoms with Gasteiger partial charge >= 0.3 is 5.97 Å². The number of nitrogens with zero attached hydrogens (tertiary/aromatic N) is 2. The lowest BCUT2D eigenvalue weighted by Gasteiger charge is -2.27. The monoisotopic (exact) mass is 237 g/mol. The van der Waals surface area contributed by atoms with Gasteiger partial charge in [0.2, 0.25) is 0 Å². The quantitative estimate of drug-likeness (QED) is 0.845. The normalized spacial score (nSPS) is 24.8. The highest BCUT2D eigenvalue weighted by molar-refractivity contribution is 5.91. The Morgan fingerprint density at radius 2 is 2.18 bits per heavy atom. The Kier molecular flexibility index (Phi) is 3.36. The van der Waals surface area contributed by atoms with E-state index in [0.717, 1.165) is 18.8 Å². The van der Waals surface area contributed by atoms with Crippen LogP contribution in [0.4, 0.5) is 5.69 Å².